The van der Waals surface area contributed by atoms with Crippen molar-refractivity contribution in [2.75, 3.05) is 0 Å². The maximum Gasteiger partial charge on any atom is 0.0689 e. The molecule has 0 aliphatic carbocycles. The first-order valence-corrected chi connectivity index (χ1v) is 5.41. The summed E-state index contributed by atoms with van der Waals surface area (Å²) in [5, 5.41) is 8.57. The van der Waals surface area contributed by atoms with Gasteiger partial charge in [0.1, 0.15) is 0 Å². The maximum atomic E-state index is 6.02. The summed E-state index contributed by atoms with van der Waals surface area (Å²) in [6.07, 6.45) is 1.75. The summed E-state index contributed by atoms with van der Waals surface area (Å²) in [5.74, 6) is 0. The normalized spacial score (nSPS) is 10.9. The fourth-order valence-corrected chi connectivity index (χ4v) is 2.63. The second-order valence-electron chi connectivity index (χ2n) is 2.32. The molecular formula is C7H3BrClIN2. The highest BCUT2D eigenvalue weighted by atomic mass is 127. The Labute approximate surface area is 95.9 Å². The van der Waals surface area contributed by atoms with Crippen molar-refractivity contribution in [1.29, 1.82) is 0 Å². The van der Waals surface area contributed by atoms with Gasteiger partial charge in [-0.3, -0.25) is 5.10 Å². The van der Waals surface area contributed by atoms with Crippen LogP contribution < -0.4 is 0 Å². The minimum Gasteiger partial charge on any atom is -0.278 e. The molecule has 0 spiro atoms. The van der Waals surface area contributed by atoms with E-state index in [2.05, 4.69) is 48.7 Å². The molecule has 12 heavy (non-hydrogen) atoms. The van der Waals surface area contributed by atoms with Gasteiger partial charge in [-0.25, -0.2) is 0 Å². The number of aromatic nitrogens is 2. The lowest BCUT2D eigenvalue weighted by molar-refractivity contribution is 1.12. The van der Waals surface area contributed by atoms with Crippen LogP contribution in [0.25, 0.3) is 10.9 Å². The van der Waals surface area contributed by atoms with Gasteiger partial charge in [-0.15, -0.1) is 0 Å². The molecule has 0 unspecified atom stereocenters. The van der Waals surface area contributed by atoms with Gasteiger partial charge in [0.2, 0.25) is 0 Å². The average molecular weight is 357 g/mol. The molecule has 5 heteroatoms. The summed E-state index contributed by atoms with van der Waals surface area (Å²) < 4.78 is 1.91. The van der Waals surface area contributed by atoms with E-state index in [4.69, 9.17) is 11.6 Å². The lowest BCUT2D eigenvalue weighted by Crippen LogP contribution is -1.78. The zero-order chi connectivity index (χ0) is 8.72. The van der Waals surface area contributed by atoms with Crippen molar-refractivity contribution in [2.24, 2.45) is 0 Å². The summed E-state index contributed by atoms with van der Waals surface area (Å²) in [6, 6.07) is 1.97. The van der Waals surface area contributed by atoms with Gasteiger partial charge in [-0.1, -0.05) is 11.6 Å². The molecule has 62 valence electrons. The van der Waals surface area contributed by atoms with Crippen molar-refractivity contribution in [3.8, 4) is 0 Å². The molecule has 1 N–H and O–H groups in total. The van der Waals surface area contributed by atoms with Gasteiger partial charge < -0.3 is 0 Å². The van der Waals surface area contributed by atoms with Gasteiger partial charge in [-0.05, 0) is 44.6 Å². The van der Waals surface area contributed by atoms with Crippen LogP contribution in [0.1, 0.15) is 0 Å². The summed E-state index contributed by atoms with van der Waals surface area (Å²) in [7, 11) is 0. The standard InChI is InChI=1S/C7H3BrClIN2/c8-6-3-2-11-12-5(3)1-4(10)7(6)9/h1-2H,(H,11,12). The van der Waals surface area contributed by atoms with Crippen molar-refractivity contribution < 1.29 is 0 Å². The lowest BCUT2D eigenvalue weighted by atomic mass is 10.3. The van der Waals surface area contributed by atoms with E-state index in [0.717, 1.165) is 24.0 Å². The Kier molecular flexibility index (Phi) is 2.31. The first kappa shape index (κ1) is 8.77. The SMILES string of the molecule is Clc1c(I)cc2[nH]ncc2c1Br. The van der Waals surface area contributed by atoms with Crippen LogP contribution in [0, 0.1) is 3.57 Å². The third-order valence-corrected chi connectivity index (χ3v) is 4.19. The Morgan fingerprint density at radius 1 is 1.58 bits per heavy atom. The molecule has 0 aliphatic heterocycles. The van der Waals surface area contributed by atoms with E-state index >= 15 is 0 Å². The molecule has 0 fully saturated rings. The minimum absolute atomic E-state index is 0.740. The number of nitrogens with one attached hydrogen (secondary N) is 1. The molecule has 0 atom stereocenters. The number of hydrogen-bond donors (Lipinski definition) is 1. The number of halogens is 3. The monoisotopic (exact) mass is 356 g/mol. The molecule has 2 rings (SSSR count). The molecule has 0 saturated heterocycles. The van der Waals surface area contributed by atoms with E-state index < -0.39 is 0 Å². The third kappa shape index (κ3) is 1.25. The Hall–Kier alpha value is 0.190. The van der Waals surface area contributed by atoms with E-state index in [9.17, 15) is 0 Å². The Bertz CT molecular complexity index is 440. The topological polar surface area (TPSA) is 28.7 Å². The molecule has 0 aliphatic rings. The molecule has 2 aromatic rings. The van der Waals surface area contributed by atoms with Crippen LogP contribution >= 0.6 is 50.1 Å². The number of hydrogen-bond acceptors (Lipinski definition) is 1. The number of aromatic amines is 1. The zero-order valence-corrected chi connectivity index (χ0v) is 10.2. The first-order chi connectivity index (χ1) is 5.70. The van der Waals surface area contributed by atoms with Crippen molar-refractivity contribution in [3.63, 3.8) is 0 Å². The average Bonchev–Trinajstić information content (AvgIpc) is 2.48. The highest BCUT2D eigenvalue weighted by molar-refractivity contribution is 14.1. The van der Waals surface area contributed by atoms with Crippen LogP contribution in [0.15, 0.2) is 16.7 Å². The summed E-state index contributed by atoms with van der Waals surface area (Å²) in [4.78, 5) is 0. The van der Waals surface area contributed by atoms with E-state index in [0.29, 0.717) is 0 Å². The van der Waals surface area contributed by atoms with Gasteiger partial charge >= 0.3 is 0 Å². The number of rotatable bonds is 0. The minimum atomic E-state index is 0.740. The van der Waals surface area contributed by atoms with Gasteiger partial charge in [0, 0.05) is 13.4 Å². The van der Waals surface area contributed by atoms with E-state index in [1.165, 1.54) is 0 Å². The molecular weight excluding hydrogens is 354 g/mol. The van der Waals surface area contributed by atoms with Crippen molar-refractivity contribution in [3.05, 3.63) is 25.3 Å². The van der Waals surface area contributed by atoms with Crippen molar-refractivity contribution >= 4 is 61.0 Å². The van der Waals surface area contributed by atoms with E-state index in [1.54, 1.807) is 6.20 Å². The number of H-pyrrole nitrogens is 1. The Morgan fingerprint density at radius 2 is 2.33 bits per heavy atom. The van der Waals surface area contributed by atoms with Gasteiger partial charge in [-0.2, -0.15) is 5.10 Å². The van der Waals surface area contributed by atoms with Crippen LogP contribution in [-0.2, 0) is 0 Å². The lowest BCUT2D eigenvalue weighted by Gasteiger charge is -1.99. The van der Waals surface area contributed by atoms with Crippen LogP contribution in [0.4, 0.5) is 0 Å². The molecule has 0 saturated carbocycles. The molecule has 0 radical (unpaired) electrons. The quantitative estimate of drug-likeness (QED) is 0.567. The van der Waals surface area contributed by atoms with Crippen LogP contribution in [-0.4, -0.2) is 10.2 Å². The summed E-state index contributed by atoms with van der Waals surface area (Å²) >= 11 is 11.6. The van der Waals surface area contributed by atoms with Gasteiger partial charge in [0.05, 0.1) is 16.7 Å². The molecule has 1 aromatic heterocycles. The number of benzene rings is 1. The van der Waals surface area contributed by atoms with Crippen LogP contribution in [0.2, 0.25) is 5.02 Å². The predicted molar refractivity (Wildman–Crippen MR) is 61.5 cm³/mol. The predicted octanol–water partition coefficient (Wildman–Crippen LogP) is 3.58. The largest absolute Gasteiger partial charge is 0.278 e. The smallest absolute Gasteiger partial charge is 0.0689 e. The second kappa shape index (κ2) is 3.16. The van der Waals surface area contributed by atoms with Crippen LogP contribution in [0.3, 0.4) is 0 Å². The van der Waals surface area contributed by atoms with E-state index in [1.807, 2.05) is 6.07 Å². The number of nitrogens with zero attached hydrogens (tertiary/aromatic N) is 1. The van der Waals surface area contributed by atoms with Crippen molar-refractivity contribution in [1.82, 2.24) is 10.2 Å². The maximum absolute atomic E-state index is 6.02. The first-order valence-electron chi connectivity index (χ1n) is 3.16. The highest BCUT2D eigenvalue weighted by Crippen LogP contribution is 2.33. The molecule has 2 nitrogen and oxygen atoms in total. The summed E-state index contributed by atoms with van der Waals surface area (Å²) in [5.41, 5.74) is 0.996. The molecule has 1 aromatic carbocycles. The second-order valence-corrected chi connectivity index (χ2v) is 4.65. The zero-order valence-electron chi connectivity index (χ0n) is 5.74. The molecule has 0 amide bonds. The van der Waals surface area contributed by atoms with Gasteiger partial charge in [0.15, 0.2) is 0 Å². The van der Waals surface area contributed by atoms with Gasteiger partial charge in [0.25, 0.3) is 0 Å². The Balaban J connectivity index is 2.94. The number of fused-ring (bicyclic) bond motifs is 1. The fraction of sp³-hybridized carbons (Fsp3) is 0. The van der Waals surface area contributed by atoms with Crippen LogP contribution in [0.5, 0.6) is 0 Å². The van der Waals surface area contributed by atoms with Crippen molar-refractivity contribution in [2.45, 2.75) is 0 Å². The Morgan fingerprint density at radius 3 is 3.08 bits per heavy atom. The third-order valence-electron chi connectivity index (χ3n) is 1.58. The molecule has 0 bridgehead atoms. The molecule has 1 heterocycles. The summed E-state index contributed by atoms with van der Waals surface area (Å²) in [6.45, 7) is 0. The van der Waals surface area contributed by atoms with E-state index in [-0.39, 0.29) is 0 Å². The highest BCUT2D eigenvalue weighted by Gasteiger charge is 2.08. The fourth-order valence-electron chi connectivity index (χ4n) is 0.994.